The Morgan fingerprint density at radius 1 is 1.50 bits per heavy atom. The SMILES string of the molecule is CCOC(=O)C#Cc1ccccc1N. The second-order valence-electron chi connectivity index (χ2n) is 2.56. The molecule has 1 rings (SSSR count). The van der Waals surface area contributed by atoms with Crippen LogP contribution in [-0.2, 0) is 9.53 Å². The average molecular weight is 189 g/mol. The highest BCUT2D eigenvalue weighted by atomic mass is 16.5. The minimum absolute atomic E-state index is 0.331. The standard InChI is InChI=1S/C11H11NO2/c1-2-14-11(13)8-7-9-5-3-4-6-10(9)12/h3-6H,2,12H2,1H3. The first-order chi connectivity index (χ1) is 6.74. The molecule has 72 valence electrons. The van der Waals surface area contributed by atoms with Crippen molar-refractivity contribution in [3.8, 4) is 11.8 Å². The van der Waals surface area contributed by atoms with E-state index in [0.717, 1.165) is 0 Å². The molecule has 0 saturated heterocycles. The van der Waals surface area contributed by atoms with Crippen LogP contribution in [0.15, 0.2) is 24.3 Å². The largest absolute Gasteiger partial charge is 0.456 e. The normalized spacial score (nSPS) is 8.64. The number of nitrogens with two attached hydrogens (primary N) is 1. The second kappa shape index (κ2) is 4.93. The molecule has 0 saturated carbocycles. The zero-order valence-corrected chi connectivity index (χ0v) is 7.91. The van der Waals surface area contributed by atoms with Gasteiger partial charge in [-0.15, -0.1) is 0 Å². The highest BCUT2D eigenvalue weighted by Gasteiger charge is 1.95. The number of carbonyl (C=O) groups is 1. The number of esters is 1. The molecule has 0 aromatic heterocycles. The van der Waals surface area contributed by atoms with Gasteiger partial charge in [-0.25, -0.2) is 4.79 Å². The van der Waals surface area contributed by atoms with Crippen LogP contribution < -0.4 is 5.73 Å². The van der Waals surface area contributed by atoms with Gasteiger partial charge in [0.25, 0.3) is 0 Å². The van der Waals surface area contributed by atoms with E-state index in [-0.39, 0.29) is 0 Å². The first-order valence-electron chi connectivity index (χ1n) is 4.27. The summed E-state index contributed by atoms with van der Waals surface area (Å²) in [5.41, 5.74) is 6.83. The van der Waals surface area contributed by atoms with E-state index in [1.165, 1.54) is 0 Å². The van der Waals surface area contributed by atoms with Crippen molar-refractivity contribution in [2.45, 2.75) is 6.92 Å². The van der Waals surface area contributed by atoms with Gasteiger partial charge in [-0.1, -0.05) is 18.1 Å². The number of para-hydroxylation sites is 1. The summed E-state index contributed by atoms with van der Waals surface area (Å²) in [6.07, 6.45) is 0. The lowest BCUT2D eigenvalue weighted by Crippen LogP contribution is -1.99. The molecule has 0 bridgehead atoms. The molecule has 0 heterocycles. The van der Waals surface area contributed by atoms with Gasteiger partial charge in [0.05, 0.1) is 6.61 Å². The number of anilines is 1. The predicted octanol–water partition coefficient (Wildman–Crippen LogP) is 1.18. The summed E-state index contributed by atoms with van der Waals surface area (Å²) < 4.78 is 4.65. The smallest absolute Gasteiger partial charge is 0.384 e. The lowest BCUT2D eigenvalue weighted by molar-refractivity contribution is -0.136. The number of ether oxygens (including phenoxy) is 1. The van der Waals surface area contributed by atoms with Crippen LogP contribution in [0.1, 0.15) is 12.5 Å². The van der Waals surface area contributed by atoms with Crippen molar-refractivity contribution in [3.05, 3.63) is 29.8 Å². The van der Waals surface area contributed by atoms with E-state index in [1.54, 1.807) is 19.1 Å². The van der Waals surface area contributed by atoms with Gasteiger partial charge in [0, 0.05) is 17.2 Å². The molecule has 0 unspecified atom stereocenters. The van der Waals surface area contributed by atoms with Gasteiger partial charge < -0.3 is 10.5 Å². The van der Waals surface area contributed by atoms with E-state index >= 15 is 0 Å². The van der Waals surface area contributed by atoms with Crippen LogP contribution >= 0.6 is 0 Å². The minimum Gasteiger partial charge on any atom is -0.456 e. The van der Waals surface area contributed by atoms with E-state index in [2.05, 4.69) is 16.6 Å². The van der Waals surface area contributed by atoms with Gasteiger partial charge in [0.15, 0.2) is 0 Å². The number of nitrogen functional groups attached to an aromatic ring is 1. The molecule has 1 aromatic carbocycles. The van der Waals surface area contributed by atoms with E-state index in [0.29, 0.717) is 17.9 Å². The average Bonchev–Trinajstić information content (AvgIpc) is 2.17. The molecule has 14 heavy (non-hydrogen) atoms. The molecule has 1 aromatic rings. The minimum atomic E-state index is -0.532. The Morgan fingerprint density at radius 2 is 2.21 bits per heavy atom. The van der Waals surface area contributed by atoms with Crippen LogP contribution in [0.25, 0.3) is 0 Å². The molecule has 0 spiro atoms. The Bertz CT molecular complexity index is 388. The maximum Gasteiger partial charge on any atom is 0.384 e. The molecule has 0 aliphatic heterocycles. The van der Waals surface area contributed by atoms with Crippen molar-refractivity contribution >= 4 is 11.7 Å². The van der Waals surface area contributed by atoms with Gasteiger partial charge in [0.2, 0.25) is 0 Å². The fourth-order valence-corrected chi connectivity index (χ4v) is 0.896. The lowest BCUT2D eigenvalue weighted by Gasteiger charge is -1.95. The molecule has 3 nitrogen and oxygen atoms in total. The van der Waals surface area contributed by atoms with Crippen LogP contribution in [0.2, 0.25) is 0 Å². The predicted molar refractivity (Wildman–Crippen MR) is 54.4 cm³/mol. The van der Waals surface area contributed by atoms with E-state index < -0.39 is 5.97 Å². The highest BCUT2D eigenvalue weighted by molar-refractivity contribution is 5.89. The first-order valence-corrected chi connectivity index (χ1v) is 4.27. The summed E-state index contributed by atoms with van der Waals surface area (Å²) >= 11 is 0. The van der Waals surface area contributed by atoms with Gasteiger partial charge in [-0.3, -0.25) is 0 Å². The van der Waals surface area contributed by atoms with Crippen LogP contribution in [0.5, 0.6) is 0 Å². The van der Waals surface area contributed by atoms with Crippen molar-refractivity contribution in [1.29, 1.82) is 0 Å². The fraction of sp³-hybridized carbons (Fsp3) is 0.182. The Morgan fingerprint density at radius 3 is 2.86 bits per heavy atom. The zero-order valence-electron chi connectivity index (χ0n) is 7.91. The lowest BCUT2D eigenvalue weighted by atomic mass is 10.2. The molecule has 0 radical (unpaired) electrons. The maximum absolute atomic E-state index is 10.9. The van der Waals surface area contributed by atoms with Crippen molar-refractivity contribution in [2.75, 3.05) is 12.3 Å². The molecule has 2 N–H and O–H groups in total. The summed E-state index contributed by atoms with van der Waals surface area (Å²) in [7, 11) is 0. The molecule has 0 fully saturated rings. The Balaban J connectivity index is 2.77. The third kappa shape index (κ3) is 2.83. The zero-order chi connectivity index (χ0) is 10.4. The molecule has 0 amide bonds. The quantitative estimate of drug-likeness (QED) is 0.410. The first kappa shape index (κ1) is 10.1. The molecule has 3 heteroatoms. The number of rotatable bonds is 1. The van der Waals surface area contributed by atoms with Crippen LogP contribution in [0.3, 0.4) is 0 Å². The van der Waals surface area contributed by atoms with E-state index in [1.807, 2.05) is 12.1 Å². The summed E-state index contributed by atoms with van der Waals surface area (Å²) in [4.78, 5) is 10.9. The molecule has 0 atom stereocenters. The van der Waals surface area contributed by atoms with Crippen molar-refractivity contribution in [3.63, 3.8) is 0 Å². The Hall–Kier alpha value is -1.95. The third-order valence-electron chi connectivity index (χ3n) is 1.54. The number of hydrogen-bond acceptors (Lipinski definition) is 3. The summed E-state index contributed by atoms with van der Waals surface area (Å²) in [6, 6.07) is 7.10. The summed E-state index contributed by atoms with van der Waals surface area (Å²) in [6.45, 7) is 2.06. The van der Waals surface area contributed by atoms with E-state index in [9.17, 15) is 4.79 Å². The third-order valence-corrected chi connectivity index (χ3v) is 1.54. The summed E-state index contributed by atoms with van der Waals surface area (Å²) in [5.74, 6) is 4.47. The topological polar surface area (TPSA) is 52.3 Å². The van der Waals surface area contributed by atoms with Gasteiger partial charge >= 0.3 is 5.97 Å². The maximum atomic E-state index is 10.9. The molecular formula is C11H11NO2. The van der Waals surface area contributed by atoms with Crippen molar-refractivity contribution < 1.29 is 9.53 Å². The Labute approximate surface area is 82.9 Å². The molecular weight excluding hydrogens is 178 g/mol. The van der Waals surface area contributed by atoms with E-state index in [4.69, 9.17) is 5.73 Å². The van der Waals surface area contributed by atoms with Crippen molar-refractivity contribution in [1.82, 2.24) is 0 Å². The molecule has 0 aliphatic rings. The van der Waals surface area contributed by atoms with Crippen LogP contribution in [-0.4, -0.2) is 12.6 Å². The second-order valence-corrected chi connectivity index (χ2v) is 2.56. The van der Waals surface area contributed by atoms with Crippen LogP contribution in [0, 0.1) is 11.8 Å². The van der Waals surface area contributed by atoms with Gasteiger partial charge in [0.1, 0.15) is 0 Å². The number of carbonyl (C=O) groups excluding carboxylic acids is 1. The van der Waals surface area contributed by atoms with Gasteiger partial charge in [-0.05, 0) is 19.1 Å². The molecule has 0 aliphatic carbocycles. The van der Waals surface area contributed by atoms with Crippen LogP contribution in [0.4, 0.5) is 5.69 Å². The number of benzene rings is 1. The van der Waals surface area contributed by atoms with Crippen molar-refractivity contribution in [2.24, 2.45) is 0 Å². The summed E-state index contributed by atoms with van der Waals surface area (Å²) in [5, 5.41) is 0. The number of hydrogen-bond donors (Lipinski definition) is 1. The monoisotopic (exact) mass is 189 g/mol. The fourth-order valence-electron chi connectivity index (χ4n) is 0.896. The van der Waals surface area contributed by atoms with Gasteiger partial charge in [-0.2, -0.15) is 0 Å². The highest BCUT2D eigenvalue weighted by Crippen LogP contribution is 2.07. The Kier molecular flexibility index (Phi) is 3.57.